The van der Waals surface area contributed by atoms with Crippen LogP contribution in [0.25, 0.3) is 0 Å². The fraction of sp³-hybridized carbons (Fsp3) is 0.0909. The second-order valence-corrected chi connectivity index (χ2v) is 4.15. The maximum absolute atomic E-state index is 11.7. The fourth-order valence-corrected chi connectivity index (χ4v) is 1.95. The molecule has 3 nitrogen and oxygen atoms in total. The van der Waals surface area contributed by atoms with E-state index in [2.05, 4.69) is 10.3 Å². The van der Waals surface area contributed by atoms with E-state index in [1.807, 2.05) is 24.3 Å². The number of alkyl halides is 1. The van der Waals surface area contributed by atoms with Crippen LogP contribution in [-0.4, -0.2) is 10.9 Å². The Morgan fingerprint density at radius 1 is 1.50 bits per heavy atom. The number of hydrogen-bond acceptors (Lipinski definition) is 3. The number of rotatable bonds is 3. The molecule has 1 aromatic heterocycles. The molecule has 0 atom stereocenters. The molecule has 0 bridgehead atoms. The maximum atomic E-state index is 11.7. The van der Waals surface area contributed by atoms with E-state index in [9.17, 15) is 4.79 Å². The Morgan fingerprint density at radius 2 is 2.38 bits per heavy atom. The molecule has 2 rings (SSSR count). The van der Waals surface area contributed by atoms with Crippen molar-refractivity contribution in [3.05, 3.63) is 46.4 Å². The van der Waals surface area contributed by atoms with Crippen LogP contribution in [0.3, 0.4) is 0 Å². The van der Waals surface area contributed by atoms with Gasteiger partial charge in [0.1, 0.15) is 5.69 Å². The topological polar surface area (TPSA) is 42.0 Å². The van der Waals surface area contributed by atoms with Crippen LogP contribution in [0.15, 0.2) is 35.2 Å². The molecule has 16 heavy (non-hydrogen) atoms. The minimum absolute atomic E-state index is 0.201. The van der Waals surface area contributed by atoms with E-state index in [0.29, 0.717) is 11.6 Å². The number of thiazole rings is 1. The Morgan fingerprint density at radius 3 is 3.06 bits per heavy atom. The third kappa shape index (κ3) is 2.59. The molecule has 0 radical (unpaired) electrons. The number of halogens is 1. The number of carbonyl (C=O) groups excluding carboxylic acids is 1. The Bertz CT molecular complexity index is 484. The van der Waals surface area contributed by atoms with Crippen LogP contribution in [0.5, 0.6) is 0 Å². The SMILES string of the molecule is O=C(Nc1cccc(CCl)c1)c1cscn1. The molecule has 1 amide bonds. The third-order valence-corrected chi connectivity index (χ3v) is 2.90. The van der Waals surface area contributed by atoms with Crippen LogP contribution in [0.4, 0.5) is 5.69 Å². The summed E-state index contributed by atoms with van der Waals surface area (Å²) in [5.74, 6) is 0.230. The van der Waals surface area contributed by atoms with E-state index in [1.54, 1.807) is 10.9 Å². The predicted octanol–water partition coefficient (Wildman–Crippen LogP) is 3.13. The number of nitrogens with zero attached hydrogens (tertiary/aromatic N) is 1. The Hall–Kier alpha value is -1.39. The molecule has 82 valence electrons. The van der Waals surface area contributed by atoms with Gasteiger partial charge in [-0.05, 0) is 17.7 Å². The monoisotopic (exact) mass is 252 g/mol. The van der Waals surface area contributed by atoms with Crippen molar-refractivity contribution in [1.29, 1.82) is 0 Å². The molecule has 0 fully saturated rings. The molecular formula is C11H9ClN2OS. The Kier molecular flexibility index (Phi) is 3.54. The van der Waals surface area contributed by atoms with Crippen LogP contribution in [-0.2, 0) is 5.88 Å². The van der Waals surface area contributed by atoms with Gasteiger partial charge in [0.2, 0.25) is 0 Å². The van der Waals surface area contributed by atoms with E-state index >= 15 is 0 Å². The van der Waals surface area contributed by atoms with Gasteiger partial charge in [-0.15, -0.1) is 22.9 Å². The summed E-state index contributed by atoms with van der Waals surface area (Å²) in [7, 11) is 0. The molecule has 0 unspecified atom stereocenters. The first-order valence-electron chi connectivity index (χ1n) is 4.64. The minimum Gasteiger partial charge on any atom is -0.321 e. The molecule has 1 N–H and O–H groups in total. The van der Waals surface area contributed by atoms with Gasteiger partial charge in [0.15, 0.2) is 0 Å². The Balaban J connectivity index is 2.12. The standard InChI is InChI=1S/C11H9ClN2OS/c12-5-8-2-1-3-9(4-8)14-11(15)10-6-16-7-13-10/h1-4,6-7H,5H2,(H,14,15). The van der Waals surface area contributed by atoms with E-state index in [4.69, 9.17) is 11.6 Å². The number of hydrogen-bond donors (Lipinski definition) is 1. The molecule has 1 heterocycles. The zero-order valence-electron chi connectivity index (χ0n) is 8.31. The average molecular weight is 253 g/mol. The lowest BCUT2D eigenvalue weighted by Crippen LogP contribution is -2.12. The summed E-state index contributed by atoms with van der Waals surface area (Å²) in [5.41, 5.74) is 3.76. The predicted molar refractivity (Wildman–Crippen MR) is 66.1 cm³/mol. The molecule has 0 saturated carbocycles. The Labute approximate surface area is 102 Å². The first-order valence-corrected chi connectivity index (χ1v) is 6.12. The van der Waals surface area contributed by atoms with E-state index in [1.165, 1.54) is 11.3 Å². The van der Waals surface area contributed by atoms with Gasteiger partial charge in [0.25, 0.3) is 5.91 Å². The summed E-state index contributed by atoms with van der Waals surface area (Å²) in [6.45, 7) is 0. The zero-order valence-corrected chi connectivity index (χ0v) is 9.89. The second-order valence-electron chi connectivity index (χ2n) is 3.16. The second kappa shape index (κ2) is 5.09. The van der Waals surface area contributed by atoms with Crippen molar-refractivity contribution >= 4 is 34.5 Å². The quantitative estimate of drug-likeness (QED) is 0.853. The maximum Gasteiger partial charge on any atom is 0.275 e. The first-order chi connectivity index (χ1) is 7.79. The van der Waals surface area contributed by atoms with Crippen molar-refractivity contribution in [1.82, 2.24) is 4.98 Å². The summed E-state index contributed by atoms with van der Waals surface area (Å²) in [4.78, 5) is 15.6. The van der Waals surface area contributed by atoms with Crippen molar-refractivity contribution in [2.24, 2.45) is 0 Å². The number of amides is 1. The summed E-state index contributed by atoms with van der Waals surface area (Å²) in [5, 5.41) is 4.47. The van der Waals surface area contributed by atoms with E-state index in [-0.39, 0.29) is 5.91 Å². The number of anilines is 1. The molecule has 0 saturated heterocycles. The molecule has 0 aliphatic carbocycles. The van der Waals surface area contributed by atoms with Crippen LogP contribution in [0.2, 0.25) is 0 Å². The lowest BCUT2D eigenvalue weighted by molar-refractivity contribution is 0.102. The number of nitrogens with one attached hydrogen (secondary N) is 1. The highest BCUT2D eigenvalue weighted by Gasteiger charge is 2.07. The van der Waals surface area contributed by atoms with Gasteiger partial charge < -0.3 is 5.32 Å². The highest BCUT2D eigenvalue weighted by Crippen LogP contribution is 2.13. The summed E-state index contributed by atoms with van der Waals surface area (Å²) in [6.07, 6.45) is 0. The van der Waals surface area contributed by atoms with Gasteiger partial charge >= 0.3 is 0 Å². The third-order valence-electron chi connectivity index (χ3n) is 2.00. The average Bonchev–Trinajstić information content (AvgIpc) is 2.83. The fourth-order valence-electron chi connectivity index (χ4n) is 1.25. The first kappa shape index (κ1) is 11.1. The summed E-state index contributed by atoms with van der Waals surface area (Å²) in [6, 6.07) is 7.43. The van der Waals surface area contributed by atoms with Gasteiger partial charge in [-0.2, -0.15) is 0 Å². The van der Waals surface area contributed by atoms with Crippen molar-refractivity contribution in [3.63, 3.8) is 0 Å². The van der Waals surface area contributed by atoms with E-state index in [0.717, 1.165) is 11.3 Å². The highest BCUT2D eigenvalue weighted by molar-refractivity contribution is 7.07. The van der Waals surface area contributed by atoms with Crippen LogP contribution in [0.1, 0.15) is 16.1 Å². The summed E-state index contributed by atoms with van der Waals surface area (Å²) >= 11 is 7.10. The number of carbonyl (C=O) groups is 1. The lowest BCUT2D eigenvalue weighted by Gasteiger charge is -2.04. The normalized spacial score (nSPS) is 10.1. The van der Waals surface area contributed by atoms with Crippen LogP contribution < -0.4 is 5.32 Å². The zero-order chi connectivity index (χ0) is 11.4. The van der Waals surface area contributed by atoms with Crippen molar-refractivity contribution in [2.75, 3.05) is 5.32 Å². The van der Waals surface area contributed by atoms with Gasteiger partial charge in [-0.25, -0.2) is 4.98 Å². The molecule has 2 aromatic rings. The molecule has 0 aliphatic rings. The van der Waals surface area contributed by atoms with Gasteiger partial charge in [-0.1, -0.05) is 12.1 Å². The number of aromatic nitrogens is 1. The van der Waals surface area contributed by atoms with Gasteiger partial charge in [0.05, 0.1) is 5.51 Å². The summed E-state index contributed by atoms with van der Waals surface area (Å²) < 4.78 is 0. The lowest BCUT2D eigenvalue weighted by atomic mass is 10.2. The van der Waals surface area contributed by atoms with Crippen molar-refractivity contribution in [2.45, 2.75) is 5.88 Å². The van der Waals surface area contributed by atoms with Crippen molar-refractivity contribution in [3.8, 4) is 0 Å². The minimum atomic E-state index is -0.201. The molecular weight excluding hydrogens is 244 g/mol. The molecule has 0 aliphatic heterocycles. The van der Waals surface area contributed by atoms with Crippen LogP contribution >= 0.6 is 22.9 Å². The molecule has 0 spiro atoms. The van der Waals surface area contributed by atoms with Gasteiger partial charge in [-0.3, -0.25) is 4.79 Å². The molecule has 1 aromatic carbocycles. The largest absolute Gasteiger partial charge is 0.321 e. The van der Waals surface area contributed by atoms with E-state index < -0.39 is 0 Å². The van der Waals surface area contributed by atoms with Crippen molar-refractivity contribution < 1.29 is 4.79 Å². The van der Waals surface area contributed by atoms with Crippen LogP contribution in [0, 0.1) is 0 Å². The number of benzene rings is 1. The van der Waals surface area contributed by atoms with Gasteiger partial charge in [0, 0.05) is 16.9 Å². The smallest absolute Gasteiger partial charge is 0.275 e. The highest BCUT2D eigenvalue weighted by atomic mass is 35.5. The molecule has 5 heteroatoms.